The summed E-state index contributed by atoms with van der Waals surface area (Å²) in [7, 11) is 0. The lowest BCUT2D eigenvalue weighted by molar-refractivity contribution is 0.460. The first kappa shape index (κ1) is 13.9. The number of hydrogen-bond acceptors (Lipinski definition) is 5. The summed E-state index contributed by atoms with van der Waals surface area (Å²) in [5, 5.41) is 8.96. The van der Waals surface area contributed by atoms with Gasteiger partial charge in [0, 0.05) is 18.0 Å². The number of imidazole rings is 1. The van der Waals surface area contributed by atoms with E-state index in [2.05, 4.69) is 26.0 Å². The van der Waals surface area contributed by atoms with Gasteiger partial charge >= 0.3 is 0 Å². The van der Waals surface area contributed by atoms with Crippen molar-refractivity contribution >= 4 is 11.0 Å². The number of nitrogens with zero attached hydrogens (tertiary/aromatic N) is 4. The first-order valence-corrected chi connectivity index (χ1v) is 7.26. The van der Waals surface area contributed by atoms with Crippen molar-refractivity contribution in [3.05, 3.63) is 66.6 Å². The molecule has 0 aliphatic carbocycles. The number of nitrogens with one attached hydrogen (secondary N) is 1. The van der Waals surface area contributed by atoms with Crippen LogP contribution in [-0.4, -0.2) is 19.9 Å². The van der Waals surface area contributed by atoms with Crippen LogP contribution in [0.3, 0.4) is 0 Å². The Morgan fingerprint density at radius 3 is 2.67 bits per heavy atom. The fourth-order valence-corrected chi connectivity index (χ4v) is 2.36. The summed E-state index contributed by atoms with van der Waals surface area (Å²) >= 11 is 0. The molecule has 0 aliphatic rings. The Hall–Kier alpha value is -3.72. The second-order valence-electron chi connectivity index (χ2n) is 5.10. The van der Waals surface area contributed by atoms with Crippen LogP contribution in [0.15, 0.2) is 61.1 Å². The van der Waals surface area contributed by atoms with Crippen LogP contribution in [0.25, 0.3) is 22.4 Å². The van der Waals surface area contributed by atoms with Gasteiger partial charge in [0.1, 0.15) is 11.6 Å². The average Bonchev–Trinajstić information content (AvgIpc) is 3.06. The molecule has 0 radical (unpaired) electrons. The molecule has 6 nitrogen and oxygen atoms in total. The molecular formula is C18H11N5O. The van der Waals surface area contributed by atoms with Crippen molar-refractivity contribution in [1.82, 2.24) is 19.9 Å². The van der Waals surface area contributed by atoms with Crippen LogP contribution < -0.4 is 4.74 Å². The highest BCUT2D eigenvalue weighted by molar-refractivity contribution is 5.80. The van der Waals surface area contributed by atoms with Crippen molar-refractivity contribution in [2.75, 3.05) is 0 Å². The molecule has 4 rings (SSSR count). The summed E-state index contributed by atoms with van der Waals surface area (Å²) in [4.78, 5) is 15.8. The largest absolute Gasteiger partial charge is 0.438 e. The number of benzene rings is 2. The maximum Gasteiger partial charge on any atom is 0.237 e. The van der Waals surface area contributed by atoms with E-state index in [1.807, 2.05) is 30.3 Å². The molecule has 0 bridgehead atoms. The Balaban J connectivity index is 1.62. The second-order valence-corrected chi connectivity index (χ2v) is 5.10. The Labute approximate surface area is 137 Å². The van der Waals surface area contributed by atoms with Crippen molar-refractivity contribution in [2.45, 2.75) is 0 Å². The van der Waals surface area contributed by atoms with Crippen LogP contribution in [0.4, 0.5) is 0 Å². The Morgan fingerprint density at radius 1 is 1.04 bits per heavy atom. The molecule has 0 saturated heterocycles. The summed E-state index contributed by atoms with van der Waals surface area (Å²) in [6.07, 6.45) is 4.72. The number of ether oxygens (including phenoxy) is 1. The number of aromatic nitrogens is 4. The highest BCUT2D eigenvalue weighted by Gasteiger charge is 2.07. The molecule has 0 unspecified atom stereocenters. The van der Waals surface area contributed by atoms with Gasteiger partial charge in [0.15, 0.2) is 0 Å². The van der Waals surface area contributed by atoms with E-state index in [9.17, 15) is 0 Å². The number of aromatic amines is 1. The fraction of sp³-hybridized carbons (Fsp3) is 0. The van der Waals surface area contributed by atoms with Crippen LogP contribution in [0.2, 0.25) is 0 Å². The zero-order valence-corrected chi connectivity index (χ0v) is 12.5. The van der Waals surface area contributed by atoms with Gasteiger partial charge in [-0.05, 0) is 42.5 Å². The van der Waals surface area contributed by atoms with E-state index in [0.29, 0.717) is 17.2 Å². The summed E-state index contributed by atoms with van der Waals surface area (Å²) in [6, 6.07) is 15.0. The van der Waals surface area contributed by atoms with Crippen LogP contribution in [0, 0.1) is 11.3 Å². The predicted molar refractivity (Wildman–Crippen MR) is 88.4 cm³/mol. The van der Waals surface area contributed by atoms with E-state index in [0.717, 1.165) is 22.4 Å². The minimum Gasteiger partial charge on any atom is -0.438 e. The third kappa shape index (κ3) is 2.66. The molecule has 2 aromatic carbocycles. The van der Waals surface area contributed by atoms with E-state index in [1.165, 1.54) is 0 Å². The third-order valence-electron chi connectivity index (χ3n) is 3.50. The second kappa shape index (κ2) is 5.82. The van der Waals surface area contributed by atoms with Gasteiger partial charge in [0.05, 0.1) is 28.9 Å². The van der Waals surface area contributed by atoms with E-state index in [1.54, 1.807) is 30.7 Å². The molecule has 1 N–H and O–H groups in total. The highest BCUT2D eigenvalue weighted by atomic mass is 16.5. The van der Waals surface area contributed by atoms with Crippen LogP contribution in [-0.2, 0) is 0 Å². The molecule has 0 amide bonds. The molecule has 6 heteroatoms. The third-order valence-corrected chi connectivity index (χ3v) is 3.50. The molecule has 0 saturated carbocycles. The Morgan fingerprint density at radius 2 is 1.92 bits per heavy atom. The van der Waals surface area contributed by atoms with Gasteiger partial charge in [0.2, 0.25) is 5.88 Å². The van der Waals surface area contributed by atoms with Crippen LogP contribution in [0.1, 0.15) is 5.56 Å². The molecule has 114 valence electrons. The number of rotatable bonds is 3. The van der Waals surface area contributed by atoms with Gasteiger partial charge in [-0.2, -0.15) is 5.26 Å². The van der Waals surface area contributed by atoms with Gasteiger partial charge < -0.3 is 9.72 Å². The quantitative estimate of drug-likeness (QED) is 0.623. The highest BCUT2D eigenvalue weighted by Crippen LogP contribution is 2.25. The number of H-pyrrole nitrogens is 1. The SMILES string of the molecule is N#Cc1ccc2nc(-c3ccc(Oc4cnccn4)cc3)[nH]c2c1. The van der Waals surface area contributed by atoms with Crippen molar-refractivity contribution in [3.63, 3.8) is 0 Å². The van der Waals surface area contributed by atoms with Crippen molar-refractivity contribution < 1.29 is 4.74 Å². The smallest absolute Gasteiger partial charge is 0.237 e. The lowest BCUT2D eigenvalue weighted by Crippen LogP contribution is -1.88. The molecule has 2 aromatic heterocycles. The summed E-state index contributed by atoms with van der Waals surface area (Å²) in [5.41, 5.74) is 3.19. The minimum absolute atomic E-state index is 0.443. The average molecular weight is 313 g/mol. The first-order chi connectivity index (χ1) is 11.8. The molecule has 0 atom stereocenters. The number of hydrogen-bond donors (Lipinski definition) is 1. The zero-order chi connectivity index (χ0) is 16.4. The normalized spacial score (nSPS) is 10.5. The minimum atomic E-state index is 0.443. The molecule has 2 heterocycles. The topological polar surface area (TPSA) is 87.5 Å². The maximum absolute atomic E-state index is 8.96. The summed E-state index contributed by atoms with van der Waals surface area (Å²) < 4.78 is 5.62. The molecule has 4 aromatic rings. The Bertz CT molecular complexity index is 1030. The molecule has 0 spiro atoms. The predicted octanol–water partition coefficient (Wildman–Crippen LogP) is 3.68. The fourth-order valence-electron chi connectivity index (χ4n) is 2.36. The van der Waals surface area contributed by atoms with Gasteiger partial charge in [-0.1, -0.05) is 0 Å². The number of fused-ring (bicyclic) bond motifs is 1. The van der Waals surface area contributed by atoms with Crippen molar-refractivity contribution in [3.8, 4) is 29.1 Å². The van der Waals surface area contributed by atoms with Gasteiger partial charge in [0.25, 0.3) is 0 Å². The summed E-state index contributed by atoms with van der Waals surface area (Å²) in [6.45, 7) is 0. The maximum atomic E-state index is 8.96. The first-order valence-electron chi connectivity index (χ1n) is 7.26. The standard InChI is InChI=1S/C18H11N5O/c19-10-12-1-6-15-16(9-12)23-18(22-15)13-2-4-14(5-3-13)24-17-11-20-7-8-21-17/h1-9,11H,(H,22,23). The van der Waals surface area contributed by atoms with E-state index in [4.69, 9.17) is 10.00 Å². The van der Waals surface area contributed by atoms with Crippen molar-refractivity contribution in [1.29, 1.82) is 5.26 Å². The monoisotopic (exact) mass is 313 g/mol. The molecule has 24 heavy (non-hydrogen) atoms. The molecular weight excluding hydrogens is 302 g/mol. The van der Waals surface area contributed by atoms with E-state index < -0.39 is 0 Å². The van der Waals surface area contributed by atoms with Gasteiger partial charge in [-0.3, -0.25) is 4.98 Å². The van der Waals surface area contributed by atoms with Crippen molar-refractivity contribution in [2.24, 2.45) is 0 Å². The van der Waals surface area contributed by atoms with Gasteiger partial charge in [-0.25, -0.2) is 9.97 Å². The van der Waals surface area contributed by atoms with Crippen LogP contribution in [0.5, 0.6) is 11.6 Å². The van der Waals surface area contributed by atoms with E-state index in [-0.39, 0.29) is 0 Å². The summed E-state index contributed by atoms with van der Waals surface area (Å²) in [5.74, 6) is 1.85. The Kier molecular flexibility index (Phi) is 3.37. The van der Waals surface area contributed by atoms with Gasteiger partial charge in [-0.15, -0.1) is 0 Å². The van der Waals surface area contributed by atoms with Crippen LogP contribution >= 0.6 is 0 Å². The van der Waals surface area contributed by atoms with E-state index >= 15 is 0 Å². The number of nitriles is 1. The molecule has 0 fully saturated rings. The molecule has 0 aliphatic heterocycles. The zero-order valence-electron chi connectivity index (χ0n) is 12.5. The lowest BCUT2D eigenvalue weighted by atomic mass is 10.2. The lowest BCUT2D eigenvalue weighted by Gasteiger charge is -2.04.